The van der Waals surface area contributed by atoms with Crippen molar-refractivity contribution in [2.45, 2.75) is 6.92 Å². The number of rotatable bonds is 4. The van der Waals surface area contributed by atoms with E-state index in [4.69, 9.17) is 4.74 Å². The molecule has 1 aromatic heterocycles. The maximum absolute atomic E-state index is 12.6. The molecule has 0 saturated carbocycles. The molecule has 0 aliphatic heterocycles. The van der Waals surface area contributed by atoms with E-state index in [0.29, 0.717) is 17.1 Å². The number of hydrogen-bond donors (Lipinski definition) is 1. The number of nitrogens with one attached hydrogen (secondary N) is 1. The molecule has 0 atom stereocenters. The average molecular weight is 400 g/mol. The monoisotopic (exact) mass is 399 g/mol. The van der Waals surface area contributed by atoms with Crippen molar-refractivity contribution in [3.05, 3.63) is 64.3 Å². The van der Waals surface area contributed by atoms with Crippen molar-refractivity contribution in [3.8, 4) is 16.9 Å². The van der Waals surface area contributed by atoms with Crippen LogP contribution in [0.15, 0.2) is 53.0 Å². The Morgan fingerprint density at radius 1 is 1.12 bits per heavy atom. The molecular formula is C19H18BrN3O2. The molecule has 0 radical (unpaired) electrons. The highest BCUT2D eigenvalue weighted by atomic mass is 79.9. The molecule has 1 heterocycles. The molecule has 25 heavy (non-hydrogen) atoms. The second kappa shape index (κ2) is 7.11. The van der Waals surface area contributed by atoms with E-state index in [1.165, 1.54) is 0 Å². The summed E-state index contributed by atoms with van der Waals surface area (Å²) in [6, 6.07) is 14.9. The van der Waals surface area contributed by atoms with Gasteiger partial charge in [0.25, 0.3) is 5.91 Å². The average Bonchev–Trinajstić information content (AvgIpc) is 2.89. The molecule has 6 heteroatoms. The highest BCUT2D eigenvalue weighted by molar-refractivity contribution is 9.10. The van der Waals surface area contributed by atoms with Crippen LogP contribution >= 0.6 is 15.9 Å². The van der Waals surface area contributed by atoms with E-state index in [2.05, 4.69) is 26.3 Å². The Balaban J connectivity index is 1.94. The molecule has 0 fully saturated rings. The summed E-state index contributed by atoms with van der Waals surface area (Å²) in [6.45, 7) is 1.93. The van der Waals surface area contributed by atoms with Gasteiger partial charge >= 0.3 is 0 Å². The number of benzene rings is 2. The van der Waals surface area contributed by atoms with Gasteiger partial charge in [0.05, 0.1) is 12.8 Å². The topological polar surface area (TPSA) is 56.1 Å². The Kier molecular flexibility index (Phi) is 4.90. The fourth-order valence-electron chi connectivity index (χ4n) is 2.69. The number of aryl methyl sites for hydroxylation is 2. The van der Waals surface area contributed by atoms with Crippen molar-refractivity contribution in [3.63, 3.8) is 0 Å². The number of methoxy groups -OCH3 is 1. The predicted octanol–water partition coefficient (Wildman–Crippen LogP) is 4.42. The van der Waals surface area contributed by atoms with Gasteiger partial charge in [-0.1, -0.05) is 28.1 Å². The van der Waals surface area contributed by atoms with Crippen molar-refractivity contribution in [1.29, 1.82) is 0 Å². The maximum Gasteiger partial charge on any atom is 0.256 e. The van der Waals surface area contributed by atoms with Crippen LogP contribution in [-0.2, 0) is 7.05 Å². The van der Waals surface area contributed by atoms with E-state index in [0.717, 1.165) is 21.3 Å². The first-order valence-corrected chi connectivity index (χ1v) is 8.54. The summed E-state index contributed by atoms with van der Waals surface area (Å²) in [4.78, 5) is 12.6. The van der Waals surface area contributed by atoms with Crippen LogP contribution in [0, 0.1) is 6.92 Å². The van der Waals surface area contributed by atoms with Gasteiger partial charge in [-0.05, 0) is 48.9 Å². The highest BCUT2D eigenvalue weighted by Crippen LogP contribution is 2.32. The van der Waals surface area contributed by atoms with Crippen LogP contribution in [0.1, 0.15) is 16.1 Å². The standard InChI is InChI=1S/C19H18BrN3O2/c1-12-17(13-4-8-15(20)9-5-13)18(23(2)22-12)21-19(24)14-6-10-16(25-3)11-7-14/h4-11H,1-3H3,(H,21,24). The Bertz CT molecular complexity index is 900. The van der Waals surface area contributed by atoms with Crippen molar-refractivity contribution in [2.75, 3.05) is 12.4 Å². The molecule has 5 nitrogen and oxygen atoms in total. The van der Waals surface area contributed by atoms with Crippen LogP contribution in [0.5, 0.6) is 5.75 Å². The number of ether oxygens (including phenoxy) is 1. The van der Waals surface area contributed by atoms with Crippen LogP contribution in [0.25, 0.3) is 11.1 Å². The predicted molar refractivity (Wildman–Crippen MR) is 102 cm³/mol. The first-order chi connectivity index (χ1) is 12.0. The highest BCUT2D eigenvalue weighted by Gasteiger charge is 2.18. The number of halogens is 1. The number of amides is 1. The summed E-state index contributed by atoms with van der Waals surface area (Å²) in [7, 11) is 3.41. The van der Waals surface area contributed by atoms with Crippen molar-refractivity contribution < 1.29 is 9.53 Å². The van der Waals surface area contributed by atoms with Gasteiger partial charge in [-0.15, -0.1) is 0 Å². The number of nitrogens with zero attached hydrogens (tertiary/aromatic N) is 2. The number of carbonyl (C=O) groups is 1. The summed E-state index contributed by atoms with van der Waals surface area (Å²) in [5.41, 5.74) is 3.33. The number of anilines is 1. The molecule has 1 amide bonds. The van der Waals surface area contributed by atoms with E-state index in [1.807, 2.05) is 38.2 Å². The molecule has 0 aliphatic rings. The first kappa shape index (κ1) is 17.2. The zero-order valence-corrected chi connectivity index (χ0v) is 15.8. The Labute approximate surface area is 154 Å². The van der Waals surface area contributed by atoms with Crippen molar-refractivity contribution in [1.82, 2.24) is 9.78 Å². The largest absolute Gasteiger partial charge is 0.497 e. The Morgan fingerprint density at radius 2 is 1.76 bits per heavy atom. The van der Waals surface area contributed by atoms with Gasteiger partial charge in [0.1, 0.15) is 11.6 Å². The van der Waals surface area contributed by atoms with Crippen LogP contribution in [-0.4, -0.2) is 22.8 Å². The summed E-state index contributed by atoms with van der Waals surface area (Å²) in [5, 5.41) is 7.43. The van der Waals surface area contributed by atoms with Gasteiger partial charge in [-0.25, -0.2) is 0 Å². The van der Waals surface area contributed by atoms with Crippen molar-refractivity contribution in [2.24, 2.45) is 7.05 Å². The van der Waals surface area contributed by atoms with Gasteiger partial charge < -0.3 is 10.1 Å². The molecule has 0 bridgehead atoms. The molecule has 0 unspecified atom stereocenters. The summed E-state index contributed by atoms with van der Waals surface area (Å²) >= 11 is 3.44. The lowest BCUT2D eigenvalue weighted by molar-refractivity contribution is 0.102. The van der Waals surface area contributed by atoms with Crippen LogP contribution in [0.4, 0.5) is 5.82 Å². The normalized spacial score (nSPS) is 10.6. The number of hydrogen-bond acceptors (Lipinski definition) is 3. The fraction of sp³-hybridized carbons (Fsp3) is 0.158. The maximum atomic E-state index is 12.6. The molecule has 128 valence electrons. The summed E-state index contributed by atoms with van der Waals surface area (Å²) in [6.07, 6.45) is 0. The molecule has 2 aromatic carbocycles. The second-order valence-corrected chi connectivity index (χ2v) is 6.54. The minimum absolute atomic E-state index is 0.191. The van der Waals surface area contributed by atoms with Gasteiger partial charge in [-0.3, -0.25) is 9.48 Å². The first-order valence-electron chi connectivity index (χ1n) is 7.74. The Morgan fingerprint density at radius 3 is 2.36 bits per heavy atom. The van der Waals surface area contributed by atoms with E-state index >= 15 is 0 Å². The minimum Gasteiger partial charge on any atom is -0.497 e. The summed E-state index contributed by atoms with van der Waals surface area (Å²) in [5.74, 6) is 1.19. The third-order valence-electron chi connectivity index (χ3n) is 3.94. The fourth-order valence-corrected chi connectivity index (χ4v) is 2.95. The van der Waals surface area contributed by atoms with Crippen LogP contribution in [0.3, 0.4) is 0 Å². The lowest BCUT2D eigenvalue weighted by Crippen LogP contribution is -2.15. The molecule has 3 aromatic rings. The van der Waals surface area contributed by atoms with E-state index in [1.54, 1.807) is 36.1 Å². The molecule has 0 saturated heterocycles. The van der Waals surface area contributed by atoms with Gasteiger partial charge in [0.2, 0.25) is 0 Å². The van der Waals surface area contributed by atoms with E-state index < -0.39 is 0 Å². The third kappa shape index (κ3) is 3.58. The molecular weight excluding hydrogens is 382 g/mol. The van der Waals surface area contributed by atoms with Gasteiger partial charge in [0, 0.05) is 22.6 Å². The minimum atomic E-state index is -0.191. The lowest BCUT2D eigenvalue weighted by atomic mass is 10.1. The second-order valence-electron chi connectivity index (χ2n) is 5.62. The Hall–Kier alpha value is -2.60. The van der Waals surface area contributed by atoms with Crippen LogP contribution in [0.2, 0.25) is 0 Å². The molecule has 0 aliphatic carbocycles. The van der Waals surface area contributed by atoms with Crippen LogP contribution < -0.4 is 10.1 Å². The number of carbonyl (C=O) groups excluding carboxylic acids is 1. The zero-order valence-electron chi connectivity index (χ0n) is 14.2. The van der Waals surface area contributed by atoms with Gasteiger partial charge in [-0.2, -0.15) is 5.10 Å². The van der Waals surface area contributed by atoms with E-state index in [9.17, 15) is 4.79 Å². The summed E-state index contributed by atoms with van der Waals surface area (Å²) < 4.78 is 7.82. The smallest absolute Gasteiger partial charge is 0.256 e. The van der Waals surface area contributed by atoms with Crippen molar-refractivity contribution >= 4 is 27.7 Å². The zero-order chi connectivity index (χ0) is 18.0. The lowest BCUT2D eigenvalue weighted by Gasteiger charge is -2.10. The third-order valence-corrected chi connectivity index (χ3v) is 4.47. The molecule has 3 rings (SSSR count). The quantitative estimate of drug-likeness (QED) is 0.706. The van der Waals surface area contributed by atoms with E-state index in [-0.39, 0.29) is 5.91 Å². The van der Waals surface area contributed by atoms with Gasteiger partial charge in [0.15, 0.2) is 0 Å². The molecule has 1 N–H and O–H groups in total. The number of aromatic nitrogens is 2. The SMILES string of the molecule is COc1ccc(C(=O)Nc2c(-c3ccc(Br)cc3)c(C)nn2C)cc1. The molecule has 0 spiro atoms.